The van der Waals surface area contributed by atoms with Crippen LogP contribution in [0.4, 0.5) is 5.69 Å². The molecule has 12 heavy (non-hydrogen) atoms. The molecule has 0 aliphatic heterocycles. The number of hydrogen-bond donors (Lipinski definition) is 1. The van der Waals surface area contributed by atoms with E-state index < -0.39 is 0 Å². The fourth-order valence-electron chi connectivity index (χ4n) is 0.854. The van der Waals surface area contributed by atoms with E-state index in [1.165, 1.54) is 4.90 Å². The molecule has 0 saturated heterocycles. The number of nitrogens with one attached hydrogen (secondary N) is 1. The minimum absolute atomic E-state index is 0.0817. The highest BCUT2D eigenvalue weighted by Gasteiger charge is 2.09. The summed E-state index contributed by atoms with van der Waals surface area (Å²) in [6.07, 6.45) is 3.35. The molecule has 4 nitrogen and oxygen atoms in total. The van der Waals surface area contributed by atoms with Crippen LogP contribution in [0, 0.1) is 11.3 Å². The lowest BCUT2D eigenvalue weighted by Gasteiger charge is -2.12. The molecule has 0 atom stereocenters. The van der Waals surface area contributed by atoms with Crippen molar-refractivity contribution in [2.45, 2.75) is 6.42 Å². The van der Waals surface area contributed by atoms with Gasteiger partial charge in [0, 0.05) is 19.4 Å². The van der Waals surface area contributed by atoms with Crippen LogP contribution < -0.4 is 4.90 Å². The number of anilines is 1. The number of carbonyl (C=O) groups excluding carboxylic acids is 1. The maximum Gasteiger partial charge on any atom is 0.240 e. The Balaban J connectivity index is 2.67. The molecule has 1 N–H and O–H groups in total. The number of H-pyrrole nitrogens is 1. The van der Waals surface area contributed by atoms with E-state index in [9.17, 15) is 4.79 Å². The third kappa shape index (κ3) is 1.64. The number of rotatable bonds is 2. The number of nitrogens with zero attached hydrogens (tertiary/aromatic N) is 2. The predicted molar refractivity (Wildman–Crippen MR) is 44.4 cm³/mol. The topological polar surface area (TPSA) is 59.9 Å². The largest absolute Gasteiger partial charge is 0.366 e. The van der Waals surface area contributed by atoms with Crippen LogP contribution in [-0.4, -0.2) is 17.9 Å². The highest BCUT2D eigenvalue weighted by molar-refractivity contribution is 5.93. The van der Waals surface area contributed by atoms with Crippen LogP contribution in [-0.2, 0) is 4.79 Å². The van der Waals surface area contributed by atoms with E-state index in [0.29, 0.717) is 0 Å². The average Bonchev–Trinajstić information content (AvgIpc) is 2.55. The van der Waals surface area contributed by atoms with Gasteiger partial charge in [0.2, 0.25) is 5.91 Å². The second-order valence-corrected chi connectivity index (χ2v) is 2.36. The van der Waals surface area contributed by atoms with Crippen LogP contribution in [0.1, 0.15) is 6.42 Å². The molecule has 0 aromatic carbocycles. The van der Waals surface area contributed by atoms with Gasteiger partial charge in [0.15, 0.2) is 0 Å². The zero-order chi connectivity index (χ0) is 8.97. The summed E-state index contributed by atoms with van der Waals surface area (Å²) >= 11 is 0. The summed E-state index contributed by atoms with van der Waals surface area (Å²) in [5.41, 5.74) is 0.773. The van der Waals surface area contributed by atoms with Gasteiger partial charge in [-0.1, -0.05) is 0 Å². The molecular weight excluding hydrogens is 154 g/mol. The number of aromatic nitrogens is 1. The molecule has 1 amide bonds. The Labute approximate surface area is 70.4 Å². The lowest BCUT2D eigenvalue weighted by atomic mass is 10.4. The Morgan fingerprint density at radius 1 is 1.83 bits per heavy atom. The fraction of sp³-hybridized carbons (Fsp3) is 0.250. The highest BCUT2D eigenvalue weighted by Crippen LogP contribution is 2.10. The van der Waals surface area contributed by atoms with Crippen LogP contribution in [0.5, 0.6) is 0 Å². The van der Waals surface area contributed by atoms with E-state index in [4.69, 9.17) is 5.26 Å². The van der Waals surface area contributed by atoms with Crippen molar-refractivity contribution in [1.82, 2.24) is 4.98 Å². The lowest BCUT2D eigenvalue weighted by Crippen LogP contribution is -2.24. The Kier molecular flexibility index (Phi) is 2.49. The third-order valence-corrected chi connectivity index (χ3v) is 1.57. The molecule has 0 aliphatic rings. The normalized spacial score (nSPS) is 9.00. The standard InChI is InChI=1S/C8H9N3O/c1-11(8(12)2-4-9)7-3-5-10-6-7/h3,5-6,10H,2H2,1H3. The molecule has 62 valence electrons. The van der Waals surface area contributed by atoms with Gasteiger partial charge in [-0.2, -0.15) is 5.26 Å². The van der Waals surface area contributed by atoms with E-state index in [1.54, 1.807) is 25.5 Å². The van der Waals surface area contributed by atoms with Gasteiger partial charge in [-0.25, -0.2) is 0 Å². The third-order valence-electron chi connectivity index (χ3n) is 1.57. The molecule has 1 rings (SSSR count). The minimum Gasteiger partial charge on any atom is -0.366 e. The summed E-state index contributed by atoms with van der Waals surface area (Å²) in [6.45, 7) is 0. The molecule has 0 aliphatic carbocycles. The summed E-state index contributed by atoms with van der Waals surface area (Å²) in [6, 6.07) is 3.58. The second-order valence-electron chi connectivity index (χ2n) is 2.36. The van der Waals surface area contributed by atoms with Crippen molar-refractivity contribution in [1.29, 1.82) is 5.26 Å². The molecule has 0 radical (unpaired) electrons. The van der Waals surface area contributed by atoms with Gasteiger partial charge in [0.05, 0.1) is 11.8 Å². The zero-order valence-corrected chi connectivity index (χ0v) is 6.74. The van der Waals surface area contributed by atoms with Crippen LogP contribution in [0.2, 0.25) is 0 Å². The zero-order valence-electron chi connectivity index (χ0n) is 6.74. The lowest BCUT2D eigenvalue weighted by molar-refractivity contribution is -0.117. The second kappa shape index (κ2) is 3.58. The molecule has 0 fully saturated rings. The highest BCUT2D eigenvalue weighted by atomic mass is 16.2. The first-order chi connectivity index (χ1) is 5.75. The van der Waals surface area contributed by atoms with Crippen molar-refractivity contribution in [3.05, 3.63) is 18.5 Å². The van der Waals surface area contributed by atoms with Gasteiger partial charge in [-0.3, -0.25) is 4.79 Å². The molecule has 0 unspecified atom stereocenters. The van der Waals surface area contributed by atoms with Gasteiger partial charge in [-0.15, -0.1) is 0 Å². The van der Waals surface area contributed by atoms with Crippen LogP contribution in [0.15, 0.2) is 18.5 Å². The Hall–Kier alpha value is -1.76. The average molecular weight is 163 g/mol. The van der Waals surface area contributed by atoms with Gasteiger partial charge in [-0.05, 0) is 6.07 Å². The molecule has 0 spiro atoms. The van der Waals surface area contributed by atoms with Crippen LogP contribution >= 0.6 is 0 Å². The first kappa shape index (κ1) is 8.34. The molecule has 4 heteroatoms. The van der Waals surface area contributed by atoms with E-state index in [0.717, 1.165) is 5.69 Å². The molecular formula is C8H9N3O. The SMILES string of the molecule is CN(C(=O)CC#N)c1cc[nH]c1. The summed E-state index contributed by atoms with van der Waals surface area (Å²) in [4.78, 5) is 15.4. The molecule has 1 heterocycles. The van der Waals surface area contributed by atoms with Gasteiger partial charge < -0.3 is 9.88 Å². The quantitative estimate of drug-likeness (QED) is 0.703. The first-order valence-corrected chi connectivity index (χ1v) is 3.52. The van der Waals surface area contributed by atoms with E-state index >= 15 is 0 Å². The molecule has 0 saturated carbocycles. The number of hydrogen-bond acceptors (Lipinski definition) is 2. The number of nitriles is 1. The van der Waals surface area contributed by atoms with Crippen molar-refractivity contribution in [3.8, 4) is 6.07 Å². The minimum atomic E-state index is -0.197. The van der Waals surface area contributed by atoms with Crippen molar-refractivity contribution < 1.29 is 4.79 Å². The Morgan fingerprint density at radius 3 is 3.08 bits per heavy atom. The van der Waals surface area contributed by atoms with Gasteiger partial charge in [0.1, 0.15) is 6.42 Å². The van der Waals surface area contributed by atoms with Crippen molar-refractivity contribution >= 4 is 11.6 Å². The van der Waals surface area contributed by atoms with Crippen LogP contribution in [0.3, 0.4) is 0 Å². The molecule has 1 aromatic rings. The Bertz CT molecular complexity index is 297. The maximum absolute atomic E-state index is 11.1. The first-order valence-electron chi connectivity index (χ1n) is 3.52. The molecule has 1 aromatic heterocycles. The smallest absolute Gasteiger partial charge is 0.240 e. The summed E-state index contributed by atoms with van der Waals surface area (Å²) in [5.74, 6) is -0.197. The summed E-state index contributed by atoms with van der Waals surface area (Å²) in [5, 5.41) is 8.28. The van der Waals surface area contributed by atoms with E-state index in [2.05, 4.69) is 4.98 Å². The number of amides is 1. The fourth-order valence-corrected chi connectivity index (χ4v) is 0.854. The number of carbonyl (C=O) groups is 1. The summed E-state index contributed by atoms with van der Waals surface area (Å²) < 4.78 is 0. The van der Waals surface area contributed by atoms with Crippen molar-refractivity contribution in [2.24, 2.45) is 0 Å². The van der Waals surface area contributed by atoms with Gasteiger partial charge in [0.25, 0.3) is 0 Å². The molecule has 0 bridgehead atoms. The number of aromatic amines is 1. The van der Waals surface area contributed by atoms with E-state index in [1.807, 2.05) is 6.07 Å². The van der Waals surface area contributed by atoms with Crippen molar-refractivity contribution in [3.63, 3.8) is 0 Å². The Morgan fingerprint density at radius 2 is 2.58 bits per heavy atom. The van der Waals surface area contributed by atoms with Crippen LogP contribution in [0.25, 0.3) is 0 Å². The van der Waals surface area contributed by atoms with Gasteiger partial charge >= 0.3 is 0 Å². The predicted octanol–water partition coefficient (Wildman–Crippen LogP) is 0.891. The maximum atomic E-state index is 11.1. The summed E-state index contributed by atoms with van der Waals surface area (Å²) in [7, 11) is 1.64. The van der Waals surface area contributed by atoms with E-state index in [-0.39, 0.29) is 12.3 Å². The van der Waals surface area contributed by atoms with Crippen molar-refractivity contribution in [2.75, 3.05) is 11.9 Å². The monoisotopic (exact) mass is 163 g/mol.